The molecular weight excluding hydrogens is 178 g/mol. The molecule has 0 bridgehead atoms. The van der Waals surface area contributed by atoms with E-state index in [1.807, 2.05) is 19.0 Å². The molecule has 3 N–H and O–H groups in total. The molecule has 0 aliphatic rings. The average molecular weight is 195 g/mol. The molecule has 0 saturated carbocycles. The smallest absolute Gasteiger partial charge is 0.156 e. The van der Waals surface area contributed by atoms with E-state index < -0.39 is 0 Å². The van der Waals surface area contributed by atoms with Crippen molar-refractivity contribution in [2.45, 2.75) is 13.3 Å². The Morgan fingerprint density at radius 3 is 2.71 bits per heavy atom. The van der Waals surface area contributed by atoms with Crippen molar-refractivity contribution in [3.63, 3.8) is 0 Å². The maximum atomic E-state index is 5.90. The van der Waals surface area contributed by atoms with Gasteiger partial charge in [0.1, 0.15) is 12.0 Å². The summed E-state index contributed by atoms with van der Waals surface area (Å²) in [7, 11) is 3.81. The van der Waals surface area contributed by atoms with E-state index in [0.717, 1.165) is 18.8 Å². The van der Waals surface area contributed by atoms with Crippen LogP contribution in [-0.2, 0) is 0 Å². The zero-order valence-corrected chi connectivity index (χ0v) is 8.91. The molecule has 0 radical (unpaired) electrons. The Labute approximate surface area is 84.3 Å². The fourth-order valence-corrected chi connectivity index (χ4v) is 1.13. The SMILES string of the molecule is CCCNc1ncnc(N(C)C)c1N. The van der Waals surface area contributed by atoms with E-state index in [1.165, 1.54) is 6.33 Å². The summed E-state index contributed by atoms with van der Waals surface area (Å²) in [5.74, 6) is 1.46. The Balaban J connectivity index is 2.89. The van der Waals surface area contributed by atoms with Crippen LogP contribution in [-0.4, -0.2) is 30.6 Å². The summed E-state index contributed by atoms with van der Waals surface area (Å²) < 4.78 is 0. The summed E-state index contributed by atoms with van der Waals surface area (Å²) >= 11 is 0. The average Bonchev–Trinajstić information content (AvgIpc) is 2.16. The summed E-state index contributed by atoms with van der Waals surface area (Å²) in [6.07, 6.45) is 2.56. The van der Waals surface area contributed by atoms with Gasteiger partial charge in [-0.15, -0.1) is 0 Å². The summed E-state index contributed by atoms with van der Waals surface area (Å²) in [6.45, 7) is 2.96. The van der Waals surface area contributed by atoms with Crippen molar-refractivity contribution < 1.29 is 0 Å². The monoisotopic (exact) mass is 195 g/mol. The minimum atomic E-state index is 0.603. The Morgan fingerprint density at radius 1 is 1.43 bits per heavy atom. The molecule has 0 aliphatic carbocycles. The predicted molar refractivity (Wildman–Crippen MR) is 59.6 cm³/mol. The maximum Gasteiger partial charge on any atom is 0.156 e. The van der Waals surface area contributed by atoms with Crippen molar-refractivity contribution in [2.24, 2.45) is 0 Å². The van der Waals surface area contributed by atoms with Crippen LogP contribution >= 0.6 is 0 Å². The van der Waals surface area contributed by atoms with Crippen LogP contribution in [0.25, 0.3) is 0 Å². The van der Waals surface area contributed by atoms with Gasteiger partial charge in [0.25, 0.3) is 0 Å². The summed E-state index contributed by atoms with van der Waals surface area (Å²) in [5, 5.41) is 3.16. The van der Waals surface area contributed by atoms with Gasteiger partial charge in [0.2, 0.25) is 0 Å². The molecule has 14 heavy (non-hydrogen) atoms. The molecule has 1 aromatic heterocycles. The van der Waals surface area contributed by atoms with Crippen LogP contribution in [0.4, 0.5) is 17.3 Å². The number of nitrogens with two attached hydrogens (primary N) is 1. The minimum Gasteiger partial charge on any atom is -0.393 e. The van der Waals surface area contributed by atoms with Crippen molar-refractivity contribution in [3.8, 4) is 0 Å². The molecule has 1 rings (SSSR count). The van der Waals surface area contributed by atoms with E-state index >= 15 is 0 Å². The Morgan fingerprint density at radius 2 is 2.14 bits per heavy atom. The number of hydrogen-bond acceptors (Lipinski definition) is 5. The second-order valence-electron chi connectivity index (χ2n) is 3.28. The molecule has 0 saturated heterocycles. The van der Waals surface area contributed by atoms with Crippen molar-refractivity contribution in [1.29, 1.82) is 0 Å². The lowest BCUT2D eigenvalue weighted by atomic mass is 10.4. The second-order valence-corrected chi connectivity index (χ2v) is 3.28. The summed E-state index contributed by atoms with van der Waals surface area (Å²) in [6, 6.07) is 0. The van der Waals surface area contributed by atoms with Gasteiger partial charge in [0.15, 0.2) is 11.6 Å². The molecule has 0 aliphatic heterocycles. The third kappa shape index (κ3) is 2.25. The normalized spacial score (nSPS) is 9.93. The molecule has 5 heteroatoms. The van der Waals surface area contributed by atoms with E-state index in [1.54, 1.807) is 0 Å². The van der Waals surface area contributed by atoms with Gasteiger partial charge < -0.3 is 16.0 Å². The zero-order chi connectivity index (χ0) is 10.6. The van der Waals surface area contributed by atoms with Crippen LogP contribution in [0.15, 0.2) is 6.33 Å². The Hall–Kier alpha value is -1.52. The quantitative estimate of drug-likeness (QED) is 0.748. The largest absolute Gasteiger partial charge is 0.393 e. The van der Waals surface area contributed by atoms with Crippen LogP contribution < -0.4 is 16.0 Å². The zero-order valence-electron chi connectivity index (χ0n) is 8.91. The van der Waals surface area contributed by atoms with Crippen molar-refractivity contribution >= 4 is 17.3 Å². The number of nitrogens with one attached hydrogen (secondary N) is 1. The predicted octanol–water partition coefficient (Wildman–Crippen LogP) is 0.947. The van der Waals surface area contributed by atoms with Crippen LogP contribution in [0.2, 0.25) is 0 Å². The fraction of sp³-hybridized carbons (Fsp3) is 0.556. The third-order valence-electron chi connectivity index (χ3n) is 1.83. The van der Waals surface area contributed by atoms with E-state index in [4.69, 9.17) is 5.73 Å². The second kappa shape index (κ2) is 4.64. The standard InChI is InChI=1S/C9H17N5/c1-4-5-11-8-7(10)9(14(2)3)13-6-12-8/h6H,4-5,10H2,1-3H3,(H,11,12,13). The molecule has 0 spiro atoms. The number of anilines is 3. The Bertz CT molecular complexity index is 297. The highest BCUT2D eigenvalue weighted by atomic mass is 15.2. The van der Waals surface area contributed by atoms with E-state index in [0.29, 0.717) is 11.5 Å². The molecule has 78 valence electrons. The lowest BCUT2D eigenvalue weighted by Crippen LogP contribution is -2.15. The molecule has 1 heterocycles. The molecule has 0 amide bonds. The van der Waals surface area contributed by atoms with Crippen LogP contribution in [0, 0.1) is 0 Å². The molecule has 0 unspecified atom stereocenters. The first-order chi connectivity index (χ1) is 6.66. The van der Waals surface area contributed by atoms with Gasteiger partial charge in [-0.1, -0.05) is 6.92 Å². The van der Waals surface area contributed by atoms with Gasteiger partial charge in [-0.05, 0) is 6.42 Å². The number of nitrogen functional groups attached to an aromatic ring is 1. The van der Waals surface area contributed by atoms with Crippen molar-refractivity contribution in [3.05, 3.63) is 6.33 Å². The molecule has 0 atom stereocenters. The van der Waals surface area contributed by atoms with Gasteiger partial charge in [-0.25, -0.2) is 9.97 Å². The number of aromatic nitrogens is 2. The van der Waals surface area contributed by atoms with Crippen molar-refractivity contribution in [1.82, 2.24) is 9.97 Å². The number of rotatable bonds is 4. The van der Waals surface area contributed by atoms with Crippen LogP contribution in [0.1, 0.15) is 13.3 Å². The Kier molecular flexibility index (Phi) is 3.50. The first-order valence-electron chi connectivity index (χ1n) is 4.68. The van der Waals surface area contributed by atoms with Crippen molar-refractivity contribution in [2.75, 3.05) is 36.6 Å². The summed E-state index contributed by atoms with van der Waals surface area (Å²) in [5.41, 5.74) is 6.50. The minimum absolute atomic E-state index is 0.603. The van der Waals surface area contributed by atoms with Gasteiger partial charge in [-0.3, -0.25) is 0 Å². The van der Waals surface area contributed by atoms with Gasteiger partial charge in [0.05, 0.1) is 0 Å². The van der Waals surface area contributed by atoms with Gasteiger partial charge >= 0.3 is 0 Å². The molecule has 1 aromatic rings. The first-order valence-corrected chi connectivity index (χ1v) is 4.68. The molecular formula is C9H17N5. The maximum absolute atomic E-state index is 5.90. The first kappa shape index (κ1) is 10.6. The molecule has 0 aromatic carbocycles. The summed E-state index contributed by atoms with van der Waals surface area (Å²) in [4.78, 5) is 10.1. The lowest BCUT2D eigenvalue weighted by molar-refractivity contribution is 0.961. The molecule has 0 fully saturated rings. The highest BCUT2D eigenvalue weighted by Gasteiger charge is 2.08. The topological polar surface area (TPSA) is 67.1 Å². The lowest BCUT2D eigenvalue weighted by Gasteiger charge is -2.15. The van der Waals surface area contributed by atoms with Crippen LogP contribution in [0.5, 0.6) is 0 Å². The fourth-order valence-electron chi connectivity index (χ4n) is 1.13. The highest BCUT2D eigenvalue weighted by Crippen LogP contribution is 2.23. The number of hydrogen-bond donors (Lipinski definition) is 2. The van der Waals surface area contributed by atoms with Gasteiger partial charge in [0, 0.05) is 20.6 Å². The van der Waals surface area contributed by atoms with E-state index in [9.17, 15) is 0 Å². The van der Waals surface area contributed by atoms with Crippen LogP contribution in [0.3, 0.4) is 0 Å². The third-order valence-corrected chi connectivity index (χ3v) is 1.83. The molecule has 5 nitrogen and oxygen atoms in total. The van der Waals surface area contributed by atoms with Gasteiger partial charge in [-0.2, -0.15) is 0 Å². The number of nitrogens with zero attached hydrogens (tertiary/aromatic N) is 3. The highest BCUT2D eigenvalue weighted by molar-refractivity contribution is 5.74. The van der Waals surface area contributed by atoms with E-state index in [-0.39, 0.29) is 0 Å². The van der Waals surface area contributed by atoms with E-state index in [2.05, 4.69) is 22.2 Å².